The Morgan fingerprint density at radius 1 is 1.44 bits per heavy atom. The van der Waals surface area contributed by atoms with E-state index in [1.165, 1.54) is 32.1 Å². The number of aromatic nitrogens is 1. The van der Waals surface area contributed by atoms with Gasteiger partial charge in [0.25, 0.3) is 0 Å². The van der Waals surface area contributed by atoms with Crippen LogP contribution in [0.1, 0.15) is 57.6 Å². The van der Waals surface area contributed by atoms with E-state index < -0.39 is 6.10 Å². The monoisotopic (exact) mass is 248 g/mol. The lowest BCUT2D eigenvalue weighted by Crippen LogP contribution is -2.40. The van der Waals surface area contributed by atoms with Gasteiger partial charge in [-0.15, -0.1) is 0 Å². The van der Waals surface area contributed by atoms with Crippen LogP contribution in [0.2, 0.25) is 0 Å². The summed E-state index contributed by atoms with van der Waals surface area (Å²) in [6.07, 6.45) is 7.74. The number of aliphatic hydroxyl groups is 1. The van der Waals surface area contributed by atoms with Crippen molar-refractivity contribution in [1.82, 2.24) is 4.98 Å². The van der Waals surface area contributed by atoms with Crippen molar-refractivity contribution in [3.05, 3.63) is 23.9 Å². The van der Waals surface area contributed by atoms with Crippen molar-refractivity contribution in [2.45, 2.75) is 58.1 Å². The molecule has 1 aromatic rings. The second-order valence-electron chi connectivity index (χ2n) is 5.26. The highest BCUT2D eigenvalue weighted by atomic mass is 16.3. The van der Waals surface area contributed by atoms with E-state index in [1.54, 1.807) is 13.1 Å². The van der Waals surface area contributed by atoms with Gasteiger partial charge in [0.05, 0.1) is 6.10 Å². The van der Waals surface area contributed by atoms with Crippen molar-refractivity contribution >= 4 is 5.82 Å². The van der Waals surface area contributed by atoms with Gasteiger partial charge in [0, 0.05) is 18.8 Å². The molecular formula is C15H24N2O. The fourth-order valence-electron chi connectivity index (χ4n) is 2.75. The van der Waals surface area contributed by atoms with Crippen LogP contribution in [0.4, 0.5) is 5.82 Å². The molecule has 3 nitrogen and oxygen atoms in total. The Balaban J connectivity index is 2.12. The van der Waals surface area contributed by atoms with Gasteiger partial charge in [0.15, 0.2) is 0 Å². The van der Waals surface area contributed by atoms with Gasteiger partial charge in [0.2, 0.25) is 0 Å². The molecule has 18 heavy (non-hydrogen) atoms. The first-order chi connectivity index (χ1) is 8.72. The summed E-state index contributed by atoms with van der Waals surface area (Å²) in [5.41, 5.74) is 0.891. The minimum absolute atomic E-state index is 0.431. The summed E-state index contributed by atoms with van der Waals surface area (Å²) in [6, 6.07) is 4.69. The minimum Gasteiger partial charge on any atom is -0.389 e. The summed E-state index contributed by atoms with van der Waals surface area (Å²) in [5, 5.41) is 9.51. The van der Waals surface area contributed by atoms with Crippen LogP contribution in [0.5, 0.6) is 0 Å². The Bertz CT molecular complexity index is 359. The zero-order valence-electron chi connectivity index (χ0n) is 11.5. The Kier molecular flexibility index (Phi) is 4.59. The SMILES string of the molecule is CCCC1CCCCN1c1ccc(C(C)O)cn1. The first-order valence-electron chi connectivity index (χ1n) is 7.13. The fraction of sp³-hybridized carbons (Fsp3) is 0.667. The zero-order valence-corrected chi connectivity index (χ0v) is 11.5. The highest BCUT2D eigenvalue weighted by Gasteiger charge is 2.22. The highest BCUT2D eigenvalue weighted by molar-refractivity contribution is 5.41. The molecule has 1 aromatic heterocycles. The quantitative estimate of drug-likeness (QED) is 0.888. The van der Waals surface area contributed by atoms with Gasteiger partial charge in [-0.05, 0) is 44.2 Å². The average Bonchev–Trinajstić information content (AvgIpc) is 2.40. The molecule has 2 heterocycles. The molecule has 0 spiro atoms. The Morgan fingerprint density at radius 2 is 2.28 bits per heavy atom. The van der Waals surface area contributed by atoms with Gasteiger partial charge < -0.3 is 10.0 Å². The maximum Gasteiger partial charge on any atom is 0.128 e. The van der Waals surface area contributed by atoms with Crippen LogP contribution in [-0.4, -0.2) is 22.7 Å². The predicted octanol–water partition coefficient (Wildman–Crippen LogP) is 3.29. The van der Waals surface area contributed by atoms with Crippen molar-refractivity contribution in [2.75, 3.05) is 11.4 Å². The van der Waals surface area contributed by atoms with Crippen LogP contribution in [0.3, 0.4) is 0 Å². The van der Waals surface area contributed by atoms with Gasteiger partial charge in [-0.3, -0.25) is 0 Å². The third-order valence-corrected chi connectivity index (χ3v) is 3.80. The molecule has 0 amide bonds. The van der Waals surface area contributed by atoms with Crippen LogP contribution in [-0.2, 0) is 0 Å². The molecule has 1 aliphatic rings. The first kappa shape index (κ1) is 13.3. The van der Waals surface area contributed by atoms with Crippen LogP contribution in [0.15, 0.2) is 18.3 Å². The summed E-state index contributed by atoms with van der Waals surface area (Å²) in [7, 11) is 0. The van der Waals surface area contributed by atoms with Crippen LogP contribution in [0.25, 0.3) is 0 Å². The van der Waals surface area contributed by atoms with E-state index in [2.05, 4.69) is 22.9 Å². The number of nitrogens with zero attached hydrogens (tertiary/aromatic N) is 2. The molecule has 0 saturated carbocycles. The molecule has 1 saturated heterocycles. The summed E-state index contributed by atoms with van der Waals surface area (Å²) in [5.74, 6) is 1.07. The van der Waals surface area contributed by atoms with E-state index in [-0.39, 0.29) is 0 Å². The van der Waals surface area contributed by atoms with Crippen molar-refractivity contribution in [1.29, 1.82) is 0 Å². The van der Waals surface area contributed by atoms with E-state index in [1.807, 2.05) is 6.07 Å². The van der Waals surface area contributed by atoms with Gasteiger partial charge >= 0.3 is 0 Å². The lowest BCUT2D eigenvalue weighted by molar-refractivity contribution is 0.199. The van der Waals surface area contributed by atoms with Crippen molar-refractivity contribution < 1.29 is 5.11 Å². The largest absolute Gasteiger partial charge is 0.389 e. The van der Waals surface area contributed by atoms with Crippen molar-refractivity contribution in [2.24, 2.45) is 0 Å². The first-order valence-corrected chi connectivity index (χ1v) is 7.13. The van der Waals surface area contributed by atoms with E-state index in [9.17, 15) is 5.11 Å². The maximum absolute atomic E-state index is 9.51. The van der Waals surface area contributed by atoms with E-state index >= 15 is 0 Å². The van der Waals surface area contributed by atoms with Gasteiger partial charge in [-0.1, -0.05) is 19.4 Å². The van der Waals surface area contributed by atoms with Gasteiger partial charge in [-0.25, -0.2) is 4.98 Å². The second-order valence-corrected chi connectivity index (χ2v) is 5.26. The average molecular weight is 248 g/mol. The number of rotatable bonds is 4. The smallest absolute Gasteiger partial charge is 0.128 e. The van der Waals surface area contributed by atoms with Crippen molar-refractivity contribution in [3.8, 4) is 0 Å². The Labute approximate surface area is 110 Å². The molecule has 0 bridgehead atoms. The molecule has 2 rings (SSSR count). The molecule has 100 valence electrons. The number of anilines is 1. The summed E-state index contributed by atoms with van der Waals surface area (Å²) < 4.78 is 0. The molecule has 3 heteroatoms. The lowest BCUT2D eigenvalue weighted by Gasteiger charge is -2.36. The highest BCUT2D eigenvalue weighted by Crippen LogP contribution is 2.26. The third-order valence-electron chi connectivity index (χ3n) is 3.80. The fourth-order valence-corrected chi connectivity index (χ4v) is 2.75. The standard InChI is InChI=1S/C15H24N2O/c1-3-6-14-7-4-5-10-17(14)15-9-8-13(11-16-15)12(2)18/h8-9,11-12,14,18H,3-7,10H2,1-2H3. The molecule has 2 unspecified atom stereocenters. The van der Waals surface area contributed by atoms with Crippen LogP contribution < -0.4 is 4.90 Å². The minimum atomic E-state index is -0.431. The van der Waals surface area contributed by atoms with Crippen LogP contribution in [0, 0.1) is 0 Å². The summed E-state index contributed by atoms with van der Waals surface area (Å²) in [4.78, 5) is 6.97. The molecule has 0 radical (unpaired) electrons. The molecule has 1 aliphatic heterocycles. The zero-order chi connectivity index (χ0) is 13.0. The molecule has 1 N–H and O–H groups in total. The second kappa shape index (κ2) is 6.19. The normalized spacial score (nSPS) is 21.9. The van der Waals surface area contributed by atoms with Crippen LogP contribution >= 0.6 is 0 Å². The summed E-state index contributed by atoms with van der Waals surface area (Å²) in [6.45, 7) is 5.14. The topological polar surface area (TPSA) is 36.4 Å². The molecular weight excluding hydrogens is 224 g/mol. The molecule has 0 aromatic carbocycles. The molecule has 2 atom stereocenters. The lowest BCUT2D eigenvalue weighted by atomic mass is 9.98. The number of piperidine rings is 1. The Morgan fingerprint density at radius 3 is 2.89 bits per heavy atom. The van der Waals surface area contributed by atoms with Crippen molar-refractivity contribution in [3.63, 3.8) is 0 Å². The third kappa shape index (κ3) is 3.02. The number of aliphatic hydroxyl groups excluding tert-OH is 1. The van der Waals surface area contributed by atoms with Gasteiger partial charge in [-0.2, -0.15) is 0 Å². The number of hydrogen-bond acceptors (Lipinski definition) is 3. The maximum atomic E-state index is 9.51. The number of hydrogen-bond donors (Lipinski definition) is 1. The Hall–Kier alpha value is -1.09. The predicted molar refractivity (Wildman–Crippen MR) is 74.8 cm³/mol. The van der Waals surface area contributed by atoms with E-state index in [0.29, 0.717) is 6.04 Å². The van der Waals surface area contributed by atoms with E-state index in [4.69, 9.17) is 0 Å². The summed E-state index contributed by atoms with van der Waals surface area (Å²) >= 11 is 0. The molecule has 0 aliphatic carbocycles. The van der Waals surface area contributed by atoms with E-state index in [0.717, 1.165) is 17.9 Å². The van der Waals surface area contributed by atoms with Gasteiger partial charge in [0.1, 0.15) is 5.82 Å². The molecule has 1 fully saturated rings. The number of pyridine rings is 1.